The normalized spacial score (nSPS) is 10.1. The van der Waals surface area contributed by atoms with Crippen LogP contribution in [0, 0.1) is 6.92 Å². The molecule has 0 aliphatic heterocycles. The van der Waals surface area contributed by atoms with Gasteiger partial charge in [0.25, 0.3) is 0 Å². The zero-order chi connectivity index (χ0) is 10.4. The smallest absolute Gasteiger partial charge is 0.223 e. The Morgan fingerprint density at radius 3 is 2.93 bits per heavy atom. The van der Waals surface area contributed by atoms with Gasteiger partial charge in [0.2, 0.25) is 11.8 Å². The highest BCUT2D eigenvalue weighted by atomic mass is 16.5. The lowest BCUT2D eigenvalue weighted by molar-refractivity contribution is 0.170. The lowest BCUT2D eigenvalue weighted by Crippen LogP contribution is -2.05. The Labute approximate surface area is 83.3 Å². The predicted octanol–water partition coefficient (Wildman–Crippen LogP) is 0.783. The highest BCUT2D eigenvalue weighted by Gasteiger charge is 2.02. The van der Waals surface area contributed by atoms with Gasteiger partial charge >= 0.3 is 0 Å². The maximum absolute atomic E-state index is 5.43. The third-order valence-electron chi connectivity index (χ3n) is 1.68. The molecule has 0 fully saturated rings. The number of nitrogen functional groups attached to an aromatic ring is 1. The Bertz CT molecular complexity index is 291. The molecule has 0 amide bonds. The van der Waals surface area contributed by atoms with E-state index in [0.29, 0.717) is 19.1 Å². The van der Waals surface area contributed by atoms with Gasteiger partial charge in [-0.3, -0.25) is 0 Å². The minimum absolute atomic E-state index is 0.234. The Balaban J connectivity index is 2.45. The first-order valence-corrected chi connectivity index (χ1v) is 4.45. The maximum Gasteiger partial charge on any atom is 0.223 e. The van der Waals surface area contributed by atoms with Crippen molar-refractivity contribution in [2.45, 2.75) is 13.3 Å². The second-order valence-corrected chi connectivity index (χ2v) is 2.91. The zero-order valence-corrected chi connectivity index (χ0v) is 8.49. The standard InChI is InChI=1S/C9H15N3O2/c1-7-6-11-9(10)12-8(7)14-5-3-4-13-2/h6H,3-5H2,1-2H3,(H2,10,11,12). The lowest BCUT2D eigenvalue weighted by Gasteiger charge is -2.07. The fourth-order valence-corrected chi connectivity index (χ4v) is 0.957. The summed E-state index contributed by atoms with van der Waals surface area (Å²) in [5.74, 6) is 0.783. The molecule has 1 aromatic rings. The Hall–Kier alpha value is -1.36. The van der Waals surface area contributed by atoms with Crippen molar-refractivity contribution in [3.8, 4) is 5.88 Å². The van der Waals surface area contributed by atoms with E-state index in [1.54, 1.807) is 13.3 Å². The zero-order valence-electron chi connectivity index (χ0n) is 8.49. The summed E-state index contributed by atoms with van der Waals surface area (Å²) in [5, 5.41) is 0. The summed E-state index contributed by atoms with van der Waals surface area (Å²) in [5.41, 5.74) is 6.32. The van der Waals surface area contributed by atoms with E-state index in [2.05, 4.69) is 9.97 Å². The lowest BCUT2D eigenvalue weighted by atomic mass is 10.4. The first kappa shape index (κ1) is 10.7. The molecule has 0 bridgehead atoms. The molecule has 0 aliphatic rings. The number of ether oxygens (including phenoxy) is 2. The number of hydrogen-bond acceptors (Lipinski definition) is 5. The van der Waals surface area contributed by atoms with Crippen LogP contribution in [-0.4, -0.2) is 30.3 Å². The molecule has 5 nitrogen and oxygen atoms in total. The van der Waals surface area contributed by atoms with Crippen LogP contribution >= 0.6 is 0 Å². The van der Waals surface area contributed by atoms with Crippen LogP contribution in [0.5, 0.6) is 5.88 Å². The van der Waals surface area contributed by atoms with Crippen LogP contribution in [0.2, 0.25) is 0 Å². The van der Waals surface area contributed by atoms with Crippen molar-refractivity contribution in [1.82, 2.24) is 9.97 Å². The number of methoxy groups -OCH3 is 1. The van der Waals surface area contributed by atoms with Gasteiger partial charge in [0.05, 0.1) is 6.61 Å². The first-order chi connectivity index (χ1) is 6.74. The van der Waals surface area contributed by atoms with E-state index < -0.39 is 0 Å². The van der Waals surface area contributed by atoms with Gasteiger partial charge in [0.15, 0.2) is 0 Å². The molecule has 0 radical (unpaired) electrons. The van der Waals surface area contributed by atoms with Gasteiger partial charge in [-0.2, -0.15) is 4.98 Å². The number of rotatable bonds is 5. The van der Waals surface area contributed by atoms with E-state index in [-0.39, 0.29) is 5.95 Å². The van der Waals surface area contributed by atoms with Crippen LogP contribution in [0.25, 0.3) is 0 Å². The van der Waals surface area contributed by atoms with Crippen molar-refractivity contribution in [2.24, 2.45) is 0 Å². The highest BCUT2D eigenvalue weighted by Crippen LogP contribution is 2.13. The van der Waals surface area contributed by atoms with E-state index in [9.17, 15) is 0 Å². The highest BCUT2D eigenvalue weighted by molar-refractivity contribution is 5.28. The fourth-order valence-electron chi connectivity index (χ4n) is 0.957. The summed E-state index contributed by atoms with van der Waals surface area (Å²) in [7, 11) is 1.66. The Kier molecular flexibility index (Phi) is 4.12. The summed E-state index contributed by atoms with van der Waals surface area (Å²) < 4.78 is 10.3. The average Bonchev–Trinajstić information content (AvgIpc) is 2.18. The molecule has 0 aromatic carbocycles. The van der Waals surface area contributed by atoms with Gasteiger partial charge in [0.1, 0.15) is 0 Å². The number of anilines is 1. The summed E-state index contributed by atoms with van der Waals surface area (Å²) in [6.45, 7) is 3.13. The molecule has 5 heteroatoms. The fraction of sp³-hybridized carbons (Fsp3) is 0.556. The molecule has 78 valence electrons. The number of aryl methyl sites for hydroxylation is 1. The van der Waals surface area contributed by atoms with Crippen molar-refractivity contribution in [2.75, 3.05) is 26.1 Å². The quantitative estimate of drug-likeness (QED) is 0.706. The van der Waals surface area contributed by atoms with Crippen LogP contribution < -0.4 is 10.5 Å². The number of aromatic nitrogens is 2. The predicted molar refractivity (Wildman–Crippen MR) is 53.2 cm³/mol. The van der Waals surface area contributed by atoms with E-state index in [4.69, 9.17) is 15.2 Å². The summed E-state index contributed by atoms with van der Waals surface area (Å²) >= 11 is 0. The second-order valence-electron chi connectivity index (χ2n) is 2.91. The number of hydrogen-bond donors (Lipinski definition) is 1. The molecule has 2 N–H and O–H groups in total. The Morgan fingerprint density at radius 2 is 2.21 bits per heavy atom. The second kappa shape index (κ2) is 5.39. The molecule has 1 aromatic heterocycles. The molecular formula is C9H15N3O2. The van der Waals surface area contributed by atoms with E-state index in [0.717, 1.165) is 12.0 Å². The van der Waals surface area contributed by atoms with E-state index in [1.165, 1.54) is 0 Å². The molecule has 0 atom stereocenters. The first-order valence-electron chi connectivity index (χ1n) is 4.45. The van der Waals surface area contributed by atoms with Crippen LogP contribution in [0.3, 0.4) is 0 Å². The van der Waals surface area contributed by atoms with Gasteiger partial charge in [0, 0.05) is 31.9 Å². The largest absolute Gasteiger partial charge is 0.477 e. The number of nitrogens with zero attached hydrogens (tertiary/aromatic N) is 2. The third kappa shape index (κ3) is 3.18. The minimum atomic E-state index is 0.234. The van der Waals surface area contributed by atoms with Gasteiger partial charge in [-0.05, 0) is 6.92 Å². The average molecular weight is 197 g/mol. The van der Waals surface area contributed by atoms with Crippen molar-refractivity contribution in [1.29, 1.82) is 0 Å². The molecule has 0 saturated heterocycles. The van der Waals surface area contributed by atoms with Crippen LogP contribution in [0.1, 0.15) is 12.0 Å². The van der Waals surface area contributed by atoms with E-state index >= 15 is 0 Å². The number of nitrogens with two attached hydrogens (primary N) is 1. The van der Waals surface area contributed by atoms with E-state index in [1.807, 2.05) is 6.92 Å². The SMILES string of the molecule is COCCCOc1nc(N)ncc1C. The summed E-state index contributed by atoms with van der Waals surface area (Å²) in [6.07, 6.45) is 2.48. The molecule has 0 spiro atoms. The third-order valence-corrected chi connectivity index (χ3v) is 1.68. The topological polar surface area (TPSA) is 70.3 Å². The van der Waals surface area contributed by atoms with Gasteiger partial charge in [-0.15, -0.1) is 0 Å². The molecule has 1 heterocycles. The van der Waals surface area contributed by atoms with Crippen LogP contribution in [0.15, 0.2) is 6.20 Å². The van der Waals surface area contributed by atoms with Crippen LogP contribution in [-0.2, 0) is 4.74 Å². The van der Waals surface area contributed by atoms with Gasteiger partial charge in [-0.25, -0.2) is 4.98 Å². The molecule has 1 rings (SSSR count). The van der Waals surface area contributed by atoms with Crippen LogP contribution in [0.4, 0.5) is 5.95 Å². The molecule has 0 aliphatic carbocycles. The van der Waals surface area contributed by atoms with Gasteiger partial charge < -0.3 is 15.2 Å². The molecule has 14 heavy (non-hydrogen) atoms. The monoisotopic (exact) mass is 197 g/mol. The summed E-state index contributed by atoms with van der Waals surface area (Å²) in [4.78, 5) is 7.82. The van der Waals surface area contributed by atoms with Crippen molar-refractivity contribution in [3.05, 3.63) is 11.8 Å². The summed E-state index contributed by atoms with van der Waals surface area (Å²) in [6, 6.07) is 0. The molecule has 0 saturated carbocycles. The Morgan fingerprint density at radius 1 is 1.43 bits per heavy atom. The maximum atomic E-state index is 5.43. The van der Waals surface area contributed by atoms with Crippen molar-refractivity contribution < 1.29 is 9.47 Å². The van der Waals surface area contributed by atoms with Crippen molar-refractivity contribution >= 4 is 5.95 Å². The minimum Gasteiger partial charge on any atom is -0.477 e. The van der Waals surface area contributed by atoms with Gasteiger partial charge in [-0.1, -0.05) is 0 Å². The molecule has 0 unspecified atom stereocenters. The van der Waals surface area contributed by atoms with Crippen molar-refractivity contribution in [3.63, 3.8) is 0 Å². The molecular weight excluding hydrogens is 182 g/mol.